The van der Waals surface area contributed by atoms with Gasteiger partial charge in [0.1, 0.15) is 17.9 Å². The van der Waals surface area contributed by atoms with Crippen LogP contribution in [0, 0.1) is 10.1 Å². The molecule has 15 nitrogen and oxygen atoms in total. The summed E-state index contributed by atoms with van der Waals surface area (Å²) in [7, 11) is 0. The topological polar surface area (TPSA) is 167 Å². The van der Waals surface area contributed by atoms with Gasteiger partial charge in [-0.05, 0) is 61.7 Å². The summed E-state index contributed by atoms with van der Waals surface area (Å²) in [6.07, 6.45) is 4.59. The number of nitrogens with zero attached hydrogens (tertiary/aromatic N) is 5. The number of amides is 4. The second kappa shape index (κ2) is 15.1. The van der Waals surface area contributed by atoms with E-state index in [0.717, 1.165) is 116 Å². The molecule has 3 aromatic carbocycles. The van der Waals surface area contributed by atoms with Crippen LogP contribution in [0.15, 0.2) is 64.4 Å². The summed E-state index contributed by atoms with van der Waals surface area (Å²) in [6, 6.07) is 15.2. The van der Waals surface area contributed by atoms with Crippen molar-refractivity contribution in [3.63, 3.8) is 0 Å². The molecule has 5 heterocycles. The van der Waals surface area contributed by atoms with E-state index < -0.39 is 23.8 Å². The number of rotatable bonds is 10. The Morgan fingerprint density at radius 3 is 2.16 bits per heavy atom. The molecule has 6 aliphatic rings. The van der Waals surface area contributed by atoms with Crippen molar-refractivity contribution in [1.29, 1.82) is 0 Å². The van der Waals surface area contributed by atoms with Crippen molar-refractivity contribution in [2.75, 3.05) is 62.6 Å². The molecule has 0 radical (unpaired) electrons. The van der Waals surface area contributed by atoms with Crippen LogP contribution in [-0.2, 0) is 14.3 Å². The number of imide groups is 2. The quantitative estimate of drug-likeness (QED) is 0.132. The Kier molecular flexibility index (Phi) is 9.89. The number of hydrogen-bond acceptors (Lipinski definition) is 13. The standard InChI is InChI=1S/C40H43N7O8S/c48-37-8-7-34(38(49)42-37)46-39(50)30-4-1-24(19-31(30)40(46)51)45-17-15-44(16-18-45)14-13-43-11-9-26(10-12-43)54-28-21-29(22-28)55-27-3-6-33-36(23-27)56-35-20-25(47(52)53)2-5-32(35)41-33/h1-6,19-20,23,26,28-29,34,41H,7-18,21-22H2,(H,42,48,49). The van der Waals surface area contributed by atoms with E-state index in [1.165, 1.54) is 17.8 Å². The van der Waals surface area contributed by atoms with Crippen LogP contribution in [0.1, 0.15) is 59.2 Å². The minimum atomic E-state index is -0.967. The summed E-state index contributed by atoms with van der Waals surface area (Å²) >= 11 is 1.51. The zero-order valence-corrected chi connectivity index (χ0v) is 31.6. The maximum atomic E-state index is 13.3. The van der Waals surface area contributed by atoms with Crippen LogP contribution < -0.4 is 20.3 Å². The van der Waals surface area contributed by atoms with Crippen LogP contribution in [0.5, 0.6) is 5.75 Å². The van der Waals surface area contributed by atoms with Gasteiger partial charge in [0.25, 0.3) is 17.5 Å². The molecule has 3 aromatic rings. The van der Waals surface area contributed by atoms with Gasteiger partial charge in [-0.3, -0.25) is 44.4 Å². The first-order valence-corrected chi connectivity index (χ1v) is 20.2. The number of fused-ring (bicyclic) bond motifs is 3. The number of benzene rings is 3. The summed E-state index contributed by atoms with van der Waals surface area (Å²) in [5, 5.41) is 16.8. The van der Waals surface area contributed by atoms with Crippen molar-refractivity contribution in [3.8, 4) is 5.75 Å². The molecule has 292 valence electrons. The van der Waals surface area contributed by atoms with Crippen LogP contribution in [0.25, 0.3) is 0 Å². The Hall–Kier alpha value is -5.03. The molecule has 1 aliphatic carbocycles. The molecule has 2 N–H and O–H groups in total. The number of nitrogens with one attached hydrogen (secondary N) is 2. The van der Waals surface area contributed by atoms with Crippen LogP contribution in [0.3, 0.4) is 0 Å². The monoisotopic (exact) mass is 781 g/mol. The van der Waals surface area contributed by atoms with Crippen molar-refractivity contribution < 1.29 is 33.6 Å². The average molecular weight is 782 g/mol. The zero-order valence-electron chi connectivity index (χ0n) is 30.8. The van der Waals surface area contributed by atoms with E-state index in [0.29, 0.717) is 11.1 Å². The van der Waals surface area contributed by atoms with Crippen molar-refractivity contribution in [3.05, 3.63) is 75.8 Å². The molecule has 4 fully saturated rings. The number of carbonyl (C=O) groups excluding carboxylic acids is 4. The second-order valence-electron chi connectivity index (χ2n) is 15.3. The predicted octanol–water partition coefficient (Wildman–Crippen LogP) is 4.42. The Morgan fingerprint density at radius 1 is 0.732 bits per heavy atom. The Labute approximate surface area is 327 Å². The number of carbonyl (C=O) groups is 4. The summed E-state index contributed by atoms with van der Waals surface area (Å²) in [6.45, 7) is 7.45. The van der Waals surface area contributed by atoms with E-state index in [-0.39, 0.29) is 47.7 Å². The van der Waals surface area contributed by atoms with Gasteiger partial charge in [-0.15, -0.1) is 0 Å². The minimum absolute atomic E-state index is 0.0757. The molecular formula is C40H43N7O8S. The Morgan fingerprint density at radius 2 is 1.43 bits per heavy atom. The SMILES string of the molecule is O=C1CCC(N2C(=O)c3ccc(N4CCN(CCN5CCC(OC6CC(Oc7ccc8c(c7)Sc7cc([N+](=O)[O-])ccc7N8)C6)CC5)CC4)cc3C2=O)C(=O)N1. The first-order valence-electron chi connectivity index (χ1n) is 19.4. The number of anilines is 3. The molecule has 0 aromatic heterocycles. The fraction of sp³-hybridized carbons (Fsp3) is 0.450. The summed E-state index contributed by atoms with van der Waals surface area (Å²) < 4.78 is 12.8. The van der Waals surface area contributed by atoms with E-state index in [4.69, 9.17) is 9.47 Å². The molecular weight excluding hydrogens is 739 g/mol. The molecule has 1 atom stereocenters. The number of nitro groups is 1. The zero-order chi connectivity index (χ0) is 38.5. The third kappa shape index (κ3) is 7.33. The van der Waals surface area contributed by atoms with E-state index in [9.17, 15) is 29.3 Å². The lowest BCUT2D eigenvalue weighted by atomic mass is 9.91. The van der Waals surface area contributed by atoms with Gasteiger partial charge in [0.2, 0.25) is 11.8 Å². The summed E-state index contributed by atoms with van der Waals surface area (Å²) in [5.74, 6) is -1.17. The van der Waals surface area contributed by atoms with Gasteiger partial charge in [-0.2, -0.15) is 0 Å². The molecule has 4 amide bonds. The predicted molar refractivity (Wildman–Crippen MR) is 207 cm³/mol. The molecule has 56 heavy (non-hydrogen) atoms. The summed E-state index contributed by atoms with van der Waals surface area (Å²) in [5.41, 5.74) is 3.40. The summed E-state index contributed by atoms with van der Waals surface area (Å²) in [4.78, 5) is 71.3. The number of piperidine rings is 2. The third-order valence-electron chi connectivity index (χ3n) is 11.8. The lowest BCUT2D eigenvalue weighted by molar-refractivity contribution is -0.385. The van der Waals surface area contributed by atoms with Gasteiger partial charge in [-0.25, -0.2) is 0 Å². The molecule has 1 saturated carbocycles. The van der Waals surface area contributed by atoms with E-state index >= 15 is 0 Å². The normalized spacial score (nSPS) is 24.2. The Balaban J connectivity index is 0.676. The van der Waals surface area contributed by atoms with Crippen molar-refractivity contribution in [2.24, 2.45) is 0 Å². The lowest BCUT2D eigenvalue weighted by Gasteiger charge is -2.40. The van der Waals surface area contributed by atoms with Gasteiger partial charge in [-0.1, -0.05) is 11.8 Å². The first kappa shape index (κ1) is 36.6. The molecule has 3 saturated heterocycles. The fourth-order valence-electron chi connectivity index (χ4n) is 8.47. The fourth-order valence-corrected chi connectivity index (χ4v) is 9.52. The van der Waals surface area contributed by atoms with Gasteiger partial charge in [0, 0.05) is 99.2 Å². The van der Waals surface area contributed by atoms with Crippen molar-refractivity contribution in [1.82, 2.24) is 20.0 Å². The largest absolute Gasteiger partial charge is 0.490 e. The molecule has 0 spiro atoms. The van der Waals surface area contributed by atoms with Crippen molar-refractivity contribution >= 4 is 58.1 Å². The maximum Gasteiger partial charge on any atom is 0.270 e. The first-order chi connectivity index (χ1) is 27.1. The van der Waals surface area contributed by atoms with Gasteiger partial charge in [0.15, 0.2) is 0 Å². The number of piperazine rings is 1. The van der Waals surface area contributed by atoms with E-state index in [2.05, 4.69) is 25.3 Å². The van der Waals surface area contributed by atoms with E-state index in [1.54, 1.807) is 24.3 Å². The molecule has 0 bridgehead atoms. The second-order valence-corrected chi connectivity index (χ2v) is 16.4. The van der Waals surface area contributed by atoms with Crippen LogP contribution >= 0.6 is 11.8 Å². The molecule has 16 heteroatoms. The smallest absolute Gasteiger partial charge is 0.270 e. The number of ether oxygens (including phenoxy) is 2. The number of nitro benzene ring substituents is 1. The van der Waals surface area contributed by atoms with Crippen molar-refractivity contribution in [2.45, 2.75) is 72.7 Å². The lowest BCUT2D eigenvalue weighted by Crippen LogP contribution is -2.54. The highest BCUT2D eigenvalue weighted by Crippen LogP contribution is 2.47. The number of hydrogen-bond donors (Lipinski definition) is 2. The van der Waals surface area contributed by atoms with E-state index in [1.807, 2.05) is 24.3 Å². The molecule has 1 unspecified atom stereocenters. The minimum Gasteiger partial charge on any atom is -0.490 e. The highest BCUT2D eigenvalue weighted by atomic mass is 32.2. The highest BCUT2D eigenvalue weighted by Gasteiger charge is 2.45. The van der Waals surface area contributed by atoms with Crippen LogP contribution in [0.2, 0.25) is 0 Å². The van der Waals surface area contributed by atoms with Gasteiger partial charge >= 0.3 is 0 Å². The Bertz CT molecular complexity index is 2090. The number of likely N-dealkylation sites (tertiary alicyclic amines) is 1. The number of non-ortho nitro benzene ring substituents is 1. The molecule has 5 aliphatic heterocycles. The van der Waals surface area contributed by atoms with Gasteiger partial charge < -0.3 is 24.6 Å². The average Bonchev–Trinajstić information content (AvgIpc) is 3.43. The van der Waals surface area contributed by atoms with Crippen LogP contribution in [0.4, 0.5) is 22.7 Å². The third-order valence-corrected chi connectivity index (χ3v) is 12.9. The maximum absolute atomic E-state index is 13.3. The highest BCUT2D eigenvalue weighted by molar-refractivity contribution is 7.99. The van der Waals surface area contributed by atoms with Gasteiger partial charge in [0.05, 0.1) is 39.6 Å². The van der Waals surface area contributed by atoms with Crippen LogP contribution in [-0.4, -0.2) is 120 Å². The molecule has 9 rings (SSSR count).